The smallest absolute Gasteiger partial charge is 0.0701 e. The van der Waals surface area contributed by atoms with E-state index in [1.165, 1.54) is 0 Å². The van der Waals surface area contributed by atoms with Gasteiger partial charge in [0.25, 0.3) is 0 Å². The molecule has 4 bridgehead atoms. The van der Waals surface area contributed by atoms with Crippen LogP contribution in [0.4, 0.5) is 0 Å². The summed E-state index contributed by atoms with van der Waals surface area (Å²) in [7, 11) is 0. The Kier molecular flexibility index (Phi) is 25.5. The first-order valence-electron chi connectivity index (χ1n) is 17.6. The maximum absolute atomic E-state index is 6.08. The highest BCUT2D eigenvalue weighted by molar-refractivity contribution is 4.62. The third kappa shape index (κ3) is 22.1. The topological polar surface area (TPSA) is 105 Å². The summed E-state index contributed by atoms with van der Waals surface area (Å²) in [4.78, 5) is 9.35. The van der Waals surface area contributed by atoms with E-state index in [1.54, 1.807) is 0 Å². The van der Waals surface area contributed by atoms with Crippen molar-refractivity contribution in [3.8, 4) is 0 Å². The number of nitrogens with zero attached hydrogens (tertiary/aromatic N) is 4. The van der Waals surface area contributed by atoms with E-state index in [0.717, 1.165) is 78.5 Å². The monoisotopic (exact) mass is 664 g/mol. The first-order valence-corrected chi connectivity index (χ1v) is 17.6. The van der Waals surface area contributed by atoms with Crippen LogP contribution in [0.5, 0.6) is 0 Å². The minimum Gasteiger partial charge on any atom is -0.379 e. The first kappa shape index (κ1) is 39.9. The molecule has 0 aromatic carbocycles. The summed E-state index contributed by atoms with van der Waals surface area (Å²) in [6, 6.07) is 0. The van der Waals surface area contributed by atoms with E-state index < -0.39 is 0 Å². The van der Waals surface area contributed by atoms with Crippen molar-refractivity contribution < 1.29 is 47.4 Å². The minimum atomic E-state index is 0.586. The van der Waals surface area contributed by atoms with E-state index >= 15 is 0 Å². The number of ether oxygens (including phenoxy) is 10. The van der Waals surface area contributed by atoms with Crippen molar-refractivity contribution in [1.82, 2.24) is 19.6 Å². The molecule has 46 heavy (non-hydrogen) atoms. The standard InChI is InChI=1S/C32H64N4O10/c1-13-37-14-2-34-7-19-43-29-31-45-23-11-36(12-24-46-32-30-44-20-8-34)4-16-38-15-3-35-9-21-41-27-25-39-17-5-33(1)6-18-40-26-28-42-22-10-35/h1-32H2. The van der Waals surface area contributed by atoms with E-state index in [1.807, 2.05) is 0 Å². The van der Waals surface area contributed by atoms with Crippen LogP contribution in [0.2, 0.25) is 0 Å². The lowest BCUT2D eigenvalue weighted by atomic mass is 10.4. The minimum absolute atomic E-state index is 0.586. The fourth-order valence-corrected chi connectivity index (χ4v) is 5.16. The van der Waals surface area contributed by atoms with Crippen LogP contribution in [0.1, 0.15) is 0 Å². The normalized spacial score (nSPS) is 31.3. The Bertz CT molecular complexity index is 528. The molecular formula is C32H64N4O10. The number of hydrogen-bond acceptors (Lipinski definition) is 14. The maximum Gasteiger partial charge on any atom is 0.0701 e. The van der Waals surface area contributed by atoms with Gasteiger partial charge in [-0.15, -0.1) is 0 Å². The second kappa shape index (κ2) is 29.4. The molecule has 14 heteroatoms. The second-order valence-corrected chi connectivity index (χ2v) is 11.5. The van der Waals surface area contributed by atoms with Crippen LogP contribution in [0.3, 0.4) is 0 Å². The molecule has 272 valence electrons. The van der Waals surface area contributed by atoms with Gasteiger partial charge >= 0.3 is 0 Å². The van der Waals surface area contributed by atoms with Crippen molar-refractivity contribution in [1.29, 1.82) is 0 Å². The predicted molar refractivity (Wildman–Crippen MR) is 174 cm³/mol. The van der Waals surface area contributed by atoms with Crippen LogP contribution in [-0.4, -0.2) is 230 Å². The van der Waals surface area contributed by atoms with Crippen molar-refractivity contribution in [2.75, 3.05) is 211 Å². The fraction of sp³-hybridized carbons (Fsp3) is 1.00. The molecule has 0 amide bonds. The van der Waals surface area contributed by atoms with Gasteiger partial charge in [-0.3, -0.25) is 19.6 Å². The van der Waals surface area contributed by atoms with Crippen LogP contribution >= 0.6 is 0 Å². The molecular weight excluding hydrogens is 600 g/mol. The largest absolute Gasteiger partial charge is 0.379 e. The van der Waals surface area contributed by atoms with E-state index in [9.17, 15) is 0 Å². The Hall–Kier alpha value is -0.560. The Morgan fingerprint density at radius 2 is 0.261 bits per heavy atom. The molecule has 14 nitrogen and oxygen atoms in total. The van der Waals surface area contributed by atoms with E-state index in [4.69, 9.17) is 47.4 Å². The molecule has 0 unspecified atom stereocenters. The van der Waals surface area contributed by atoms with Crippen molar-refractivity contribution in [3.05, 3.63) is 0 Å². The van der Waals surface area contributed by atoms with Crippen molar-refractivity contribution in [2.24, 2.45) is 0 Å². The molecule has 6 aliphatic heterocycles. The second-order valence-electron chi connectivity index (χ2n) is 11.5. The van der Waals surface area contributed by atoms with E-state index in [0.29, 0.717) is 132 Å². The Morgan fingerprint density at radius 3 is 0.391 bits per heavy atom. The van der Waals surface area contributed by atoms with E-state index in [-0.39, 0.29) is 0 Å². The molecule has 0 N–H and O–H groups in total. The summed E-state index contributed by atoms with van der Waals surface area (Å²) in [5, 5.41) is 0. The summed E-state index contributed by atoms with van der Waals surface area (Å²) in [6.07, 6.45) is 0. The lowest BCUT2D eigenvalue weighted by Gasteiger charge is -2.25. The number of hydrogen-bond donors (Lipinski definition) is 0. The van der Waals surface area contributed by atoms with Crippen molar-refractivity contribution in [3.63, 3.8) is 0 Å². The molecule has 0 atom stereocenters. The predicted octanol–water partition coefficient (Wildman–Crippen LogP) is -0.599. The fourth-order valence-electron chi connectivity index (χ4n) is 5.16. The van der Waals surface area contributed by atoms with Gasteiger partial charge in [0.2, 0.25) is 0 Å². The van der Waals surface area contributed by atoms with Gasteiger partial charge in [0.15, 0.2) is 0 Å². The summed E-state index contributed by atoms with van der Waals surface area (Å²) < 4.78 is 59.3. The van der Waals surface area contributed by atoms with Crippen LogP contribution in [0.15, 0.2) is 0 Å². The van der Waals surface area contributed by atoms with Crippen LogP contribution in [0, 0.1) is 0 Å². The molecule has 0 aromatic rings. The van der Waals surface area contributed by atoms with Gasteiger partial charge in [-0.25, -0.2) is 0 Å². The molecule has 0 aliphatic carbocycles. The highest BCUT2D eigenvalue weighted by Gasteiger charge is 2.11. The molecule has 6 heterocycles. The average Bonchev–Trinajstić information content (AvgIpc) is 3.06. The summed E-state index contributed by atoms with van der Waals surface area (Å²) in [6.45, 7) is 22.4. The Morgan fingerprint density at radius 1 is 0.152 bits per heavy atom. The molecule has 0 saturated carbocycles. The van der Waals surface area contributed by atoms with Gasteiger partial charge in [0.1, 0.15) is 0 Å². The molecule has 6 aliphatic rings. The van der Waals surface area contributed by atoms with Gasteiger partial charge in [0, 0.05) is 78.5 Å². The molecule has 0 aromatic heterocycles. The summed E-state index contributed by atoms with van der Waals surface area (Å²) in [5.41, 5.74) is 0. The Balaban J connectivity index is 1.58. The highest BCUT2D eigenvalue weighted by atomic mass is 16.5. The van der Waals surface area contributed by atoms with Gasteiger partial charge < -0.3 is 47.4 Å². The van der Waals surface area contributed by atoms with Gasteiger partial charge in [0.05, 0.1) is 132 Å². The molecule has 6 saturated heterocycles. The average molecular weight is 665 g/mol. The van der Waals surface area contributed by atoms with Crippen LogP contribution in [-0.2, 0) is 47.4 Å². The SMILES string of the molecule is C1COCCN2CCOCCOCCN(CCO1)CCOCCN1CCOCCOCCN(CCOCCOCC1)CCOCC2. The number of rotatable bonds is 0. The quantitative estimate of drug-likeness (QED) is 0.329. The third-order valence-corrected chi connectivity index (χ3v) is 8.11. The van der Waals surface area contributed by atoms with Crippen LogP contribution < -0.4 is 0 Å². The highest BCUT2D eigenvalue weighted by Crippen LogP contribution is 1.98. The first-order chi connectivity index (χ1) is 22.9. The summed E-state index contributed by atoms with van der Waals surface area (Å²) >= 11 is 0. The lowest BCUT2D eigenvalue weighted by Crippen LogP contribution is -2.37. The van der Waals surface area contributed by atoms with Gasteiger partial charge in [-0.05, 0) is 0 Å². The Labute approximate surface area is 277 Å². The van der Waals surface area contributed by atoms with Gasteiger partial charge in [-0.2, -0.15) is 0 Å². The third-order valence-electron chi connectivity index (χ3n) is 8.11. The van der Waals surface area contributed by atoms with E-state index in [2.05, 4.69) is 19.6 Å². The summed E-state index contributed by atoms with van der Waals surface area (Å²) in [5.74, 6) is 0. The molecule has 6 rings (SSSR count). The molecule has 6 fully saturated rings. The molecule has 0 radical (unpaired) electrons. The van der Waals surface area contributed by atoms with Gasteiger partial charge in [-0.1, -0.05) is 0 Å². The zero-order valence-electron chi connectivity index (χ0n) is 28.5. The zero-order chi connectivity index (χ0) is 32.0. The molecule has 0 spiro atoms. The lowest BCUT2D eigenvalue weighted by molar-refractivity contribution is -0.00721. The van der Waals surface area contributed by atoms with Crippen molar-refractivity contribution >= 4 is 0 Å². The maximum atomic E-state index is 6.08. The zero-order valence-corrected chi connectivity index (χ0v) is 28.5. The van der Waals surface area contributed by atoms with Crippen LogP contribution in [0.25, 0.3) is 0 Å². The van der Waals surface area contributed by atoms with Crippen molar-refractivity contribution in [2.45, 2.75) is 0 Å².